The molecule has 0 aliphatic heterocycles. The number of hydrogen-bond donors (Lipinski definition) is 2. The molecule has 0 saturated heterocycles. The Bertz CT molecular complexity index is 447. The number of halogens is 3. The fourth-order valence-electron chi connectivity index (χ4n) is 2.16. The van der Waals surface area contributed by atoms with Crippen molar-refractivity contribution in [3.05, 3.63) is 29.3 Å². The van der Waals surface area contributed by atoms with E-state index in [-0.39, 0.29) is 12.2 Å². The van der Waals surface area contributed by atoms with E-state index in [1.807, 2.05) is 6.92 Å². The lowest BCUT2D eigenvalue weighted by atomic mass is 10.1. The summed E-state index contributed by atoms with van der Waals surface area (Å²) in [6.07, 6.45) is -4.17. The largest absolute Gasteiger partial charge is 0.418 e. The molecule has 0 fully saturated rings. The molecule has 3 nitrogen and oxygen atoms in total. The molecule has 1 unspecified atom stereocenters. The molecule has 2 N–H and O–H groups in total. The average molecular weight is 304 g/mol. The number of nitrogens with one attached hydrogen (secondary N) is 1. The van der Waals surface area contributed by atoms with E-state index in [4.69, 9.17) is 0 Å². The van der Waals surface area contributed by atoms with Crippen molar-refractivity contribution in [2.24, 2.45) is 0 Å². The number of nitrogens with zero attached hydrogens (tertiary/aromatic N) is 1. The zero-order chi connectivity index (χ0) is 16.0. The third-order valence-electron chi connectivity index (χ3n) is 3.07. The fourth-order valence-corrected chi connectivity index (χ4v) is 2.16. The third-order valence-corrected chi connectivity index (χ3v) is 3.07. The SMILES string of the molecule is CCCNCc1ccc(N(C)CC(C)O)c(C(F)(F)F)c1. The second-order valence-corrected chi connectivity index (χ2v) is 5.26. The second-order valence-electron chi connectivity index (χ2n) is 5.26. The van der Waals surface area contributed by atoms with Crippen LogP contribution in [0.5, 0.6) is 0 Å². The van der Waals surface area contributed by atoms with Crippen LogP contribution in [0.25, 0.3) is 0 Å². The molecule has 0 heterocycles. The van der Waals surface area contributed by atoms with Gasteiger partial charge < -0.3 is 15.3 Å². The van der Waals surface area contributed by atoms with E-state index >= 15 is 0 Å². The smallest absolute Gasteiger partial charge is 0.392 e. The van der Waals surface area contributed by atoms with E-state index in [0.717, 1.165) is 13.0 Å². The van der Waals surface area contributed by atoms with Gasteiger partial charge in [0.1, 0.15) is 0 Å². The molecular formula is C15H23F3N2O. The molecule has 0 bridgehead atoms. The molecular weight excluding hydrogens is 281 g/mol. The van der Waals surface area contributed by atoms with Crippen LogP contribution in [0.4, 0.5) is 18.9 Å². The van der Waals surface area contributed by atoms with Crippen LogP contribution in [0.15, 0.2) is 18.2 Å². The van der Waals surface area contributed by atoms with Gasteiger partial charge in [-0.2, -0.15) is 13.2 Å². The number of rotatable bonds is 7. The van der Waals surface area contributed by atoms with Crippen LogP contribution in [0.1, 0.15) is 31.4 Å². The Morgan fingerprint density at radius 1 is 1.33 bits per heavy atom. The molecule has 6 heteroatoms. The van der Waals surface area contributed by atoms with Crippen molar-refractivity contribution in [2.45, 2.75) is 39.1 Å². The highest BCUT2D eigenvalue weighted by Gasteiger charge is 2.34. The summed E-state index contributed by atoms with van der Waals surface area (Å²) in [4.78, 5) is 1.43. The Balaban J connectivity index is 3.02. The summed E-state index contributed by atoms with van der Waals surface area (Å²) < 4.78 is 39.6. The van der Waals surface area contributed by atoms with E-state index in [0.29, 0.717) is 12.1 Å². The van der Waals surface area contributed by atoms with Crippen LogP contribution in [-0.2, 0) is 12.7 Å². The highest BCUT2D eigenvalue weighted by molar-refractivity contribution is 5.56. The van der Waals surface area contributed by atoms with Gasteiger partial charge in [-0.05, 0) is 37.6 Å². The Morgan fingerprint density at radius 2 is 2.00 bits per heavy atom. The monoisotopic (exact) mass is 304 g/mol. The van der Waals surface area contributed by atoms with Gasteiger partial charge in [0.15, 0.2) is 0 Å². The number of hydrogen-bond acceptors (Lipinski definition) is 3. The standard InChI is InChI=1S/C15H23F3N2O/c1-4-7-19-9-12-5-6-14(20(3)10-11(2)21)13(8-12)15(16,17)18/h5-6,8,11,19,21H,4,7,9-10H2,1-3H3. The summed E-state index contributed by atoms with van der Waals surface area (Å²) >= 11 is 0. The van der Waals surface area contributed by atoms with Gasteiger partial charge in [-0.15, -0.1) is 0 Å². The zero-order valence-electron chi connectivity index (χ0n) is 12.7. The maximum Gasteiger partial charge on any atom is 0.418 e. The van der Waals surface area contributed by atoms with Gasteiger partial charge in [0.2, 0.25) is 0 Å². The van der Waals surface area contributed by atoms with Gasteiger partial charge in [-0.1, -0.05) is 13.0 Å². The normalized spacial score (nSPS) is 13.3. The first-order valence-electron chi connectivity index (χ1n) is 7.05. The minimum atomic E-state index is -4.41. The molecule has 0 radical (unpaired) electrons. The first-order chi connectivity index (χ1) is 9.75. The molecule has 0 aliphatic carbocycles. The molecule has 120 valence electrons. The average Bonchev–Trinajstić information content (AvgIpc) is 2.37. The lowest BCUT2D eigenvalue weighted by Gasteiger charge is -2.25. The van der Waals surface area contributed by atoms with Gasteiger partial charge in [-0.3, -0.25) is 0 Å². The summed E-state index contributed by atoms with van der Waals surface area (Å²) in [6, 6.07) is 4.33. The van der Waals surface area contributed by atoms with E-state index in [2.05, 4.69) is 5.32 Å². The Morgan fingerprint density at radius 3 is 2.52 bits per heavy atom. The maximum absolute atomic E-state index is 13.2. The minimum Gasteiger partial charge on any atom is -0.392 e. The predicted molar refractivity (Wildman–Crippen MR) is 78.4 cm³/mol. The van der Waals surface area contributed by atoms with Gasteiger partial charge in [-0.25, -0.2) is 0 Å². The Labute approximate surface area is 123 Å². The molecule has 1 aromatic carbocycles. The summed E-state index contributed by atoms with van der Waals surface area (Å²) in [5.74, 6) is 0. The van der Waals surface area contributed by atoms with Crippen LogP contribution >= 0.6 is 0 Å². The van der Waals surface area contributed by atoms with E-state index < -0.39 is 17.8 Å². The summed E-state index contributed by atoms with van der Waals surface area (Å²) in [6.45, 7) is 4.88. The molecule has 0 saturated carbocycles. The van der Waals surface area contributed by atoms with Crippen molar-refractivity contribution in [3.8, 4) is 0 Å². The van der Waals surface area contributed by atoms with Gasteiger partial charge >= 0.3 is 6.18 Å². The third kappa shape index (κ3) is 5.55. The van der Waals surface area contributed by atoms with Crippen molar-refractivity contribution in [1.82, 2.24) is 5.32 Å². The van der Waals surface area contributed by atoms with E-state index in [9.17, 15) is 18.3 Å². The number of benzene rings is 1. The molecule has 21 heavy (non-hydrogen) atoms. The quantitative estimate of drug-likeness (QED) is 0.760. The molecule has 0 aromatic heterocycles. The molecule has 1 atom stereocenters. The maximum atomic E-state index is 13.2. The fraction of sp³-hybridized carbons (Fsp3) is 0.600. The van der Waals surface area contributed by atoms with Crippen LogP contribution < -0.4 is 10.2 Å². The van der Waals surface area contributed by atoms with Crippen molar-refractivity contribution in [1.29, 1.82) is 0 Å². The molecule has 1 aromatic rings. The first kappa shape index (κ1) is 17.8. The summed E-state index contributed by atoms with van der Waals surface area (Å²) in [7, 11) is 1.55. The Kier molecular flexibility index (Phi) is 6.48. The van der Waals surface area contributed by atoms with Gasteiger partial charge in [0.25, 0.3) is 0 Å². The van der Waals surface area contributed by atoms with E-state index in [1.165, 1.54) is 17.0 Å². The van der Waals surface area contributed by atoms with Gasteiger partial charge in [0, 0.05) is 25.8 Å². The first-order valence-corrected chi connectivity index (χ1v) is 7.05. The predicted octanol–water partition coefficient (Wildman–Crippen LogP) is 3.02. The lowest BCUT2D eigenvalue weighted by Crippen LogP contribution is -2.29. The van der Waals surface area contributed by atoms with Crippen LogP contribution in [0.2, 0.25) is 0 Å². The number of aliphatic hydroxyl groups is 1. The molecule has 1 rings (SSSR count). The number of anilines is 1. The number of likely N-dealkylation sites (N-methyl/N-ethyl adjacent to an activating group) is 1. The van der Waals surface area contributed by atoms with Crippen molar-refractivity contribution in [2.75, 3.05) is 25.0 Å². The molecule has 0 spiro atoms. The summed E-state index contributed by atoms with van der Waals surface area (Å²) in [5.41, 5.74) is 0.0223. The molecule has 0 amide bonds. The minimum absolute atomic E-state index is 0.0858. The van der Waals surface area contributed by atoms with Crippen LogP contribution in [-0.4, -0.2) is 31.3 Å². The van der Waals surface area contributed by atoms with Gasteiger partial charge in [0.05, 0.1) is 11.7 Å². The van der Waals surface area contributed by atoms with Crippen molar-refractivity contribution < 1.29 is 18.3 Å². The Hall–Kier alpha value is -1.27. The highest BCUT2D eigenvalue weighted by Crippen LogP contribution is 2.37. The van der Waals surface area contributed by atoms with Crippen LogP contribution in [0.3, 0.4) is 0 Å². The lowest BCUT2D eigenvalue weighted by molar-refractivity contribution is -0.137. The topological polar surface area (TPSA) is 35.5 Å². The number of alkyl halides is 3. The van der Waals surface area contributed by atoms with Crippen molar-refractivity contribution >= 4 is 5.69 Å². The zero-order valence-corrected chi connectivity index (χ0v) is 12.7. The summed E-state index contributed by atoms with van der Waals surface area (Å²) in [5, 5.41) is 12.4. The number of aliphatic hydroxyl groups excluding tert-OH is 1. The molecule has 0 aliphatic rings. The van der Waals surface area contributed by atoms with Crippen LogP contribution in [0, 0.1) is 0 Å². The highest BCUT2D eigenvalue weighted by atomic mass is 19.4. The van der Waals surface area contributed by atoms with E-state index in [1.54, 1.807) is 20.0 Å². The second kappa shape index (κ2) is 7.66. The van der Waals surface area contributed by atoms with Crippen molar-refractivity contribution in [3.63, 3.8) is 0 Å².